The first-order valence-corrected chi connectivity index (χ1v) is 7.85. The van der Waals surface area contributed by atoms with Gasteiger partial charge in [0.05, 0.1) is 0 Å². The fraction of sp³-hybridized carbons (Fsp3) is 0.467. The lowest BCUT2D eigenvalue weighted by molar-refractivity contribution is 0.232. The van der Waals surface area contributed by atoms with Gasteiger partial charge in [0.1, 0.15) is 0 Å². The van der Waals surface area contributed by atoms with Crippen LogP contribution >= 0.6 is 11.3 Å². The zero-order valence-corrected chi connectivity index (χ0v) is 12.8. The number of thiophene rings is 1. The quantitative estimate of drug-likeness (QED) is 0.823. The molecule has 0 aliphatic heterocycles. The highest BCUT2D eigenvalue weighted by Crippen LogP contribution is 2.13. The van der Waals surface area contributed by atoms with Gasteiger partial charge >= 0.3 is 0 Å². The van der Waals surface area contributed by atoms with Crippen molar-refractivity contribution in [2.24, 2.45) is 5.92 Å². The van der Waals surface area contributed by atoms with Gasteiger partial charge < -0.3 is 10.4 Å². The summed E-state index contributed by atoms with van der Waals surface area (Å²) in [6, 6.07) is 2.10. The summed E-state index contributed by atoms with van der Waals surface area (Å²) in [5.74, 6) is 0.829. The Labute approximate surface area is 123 Å². The van der Waals surface area contributed by atoms with Gasteiger partial charge in [0.25, 0.3) is 0 Å². The zero-order chi connectivity index (χ0) is 14.4. The van der Waals surface area contributed by atoms with Crippen LogP contribution in [-0.4, -0.2) is 28.2 Å². The highest BCUT2D eigenvalue weighted by atomic mass is 32.1. The van der Waals surface area contributed by atoms with Gasteiger partial charge in [-0.25, -0.2) is 9.97 Å². The number of hydrogen-bond donors (Lipinski definition) is 2. The second-order valence-electron chi connectivity index (χ2n) is 4.94. The molecule has 0 aliphatic carbocycles. The number of nitrogens with zero attached hydrogens (tertiary/aromatic N) is 2. The van der Waals surface area contributed by atoms with Crippen molar-refractivity contribution in [3.63, 3.8) is 0 Å². The van der Waals surface area contributed by atoms with Crippen LogP contribution in [0.15, 0.2) is 23.0 Å². The maximum absolute atomic E-state index is 9.47. The molecule has 0 saturated heterocycles. The molecule has 4 nitrogen and oxygen atoms in total. The van der Waals surface area contributed by atoms with Crippen molar-refractivity contribution >= 4 is 17.3 Å². The molecule has 0 bridgehead atoms. The van der Waals surface area contributed by atoms with Crippen molar-refractivity contribution in [1.82, 2.24) is 9.97 Å². The third-order valence-electron chi connectivity index (χ3n) is 3.32. The van der Waals surface area contributed by atoms with E-state index in [0.717, 1.165) is 24.1 Å². The molecule has 2 N–H and O–H groups in total. The van der Waals surface area contributed by atoms with E-state index in [1.807, 2.05) is 13.1 Å². The Morgan fingerprint density at radius 1 is 1.45 bits per heavy atom. The van der Waals surface area contributed by atoms with Crippen LogP contribution in [0.25, 0.3) is 0 Å². The monoisotopic (exact) mass is 291 g/mol. The molecule has 0 amide bonds. The normalized spacial score (nSPS) is 12.3. The predicted molar refractivity (Wildman–Crippen MR) is 83.2 cm³/mol. The average Bonchev–Trinajstić information content (AvgIpc) is 2.97. The fourth-order valence-corrected chi connectivity index (χ4v) is 2.78. The SMILES string of the molecule is CCc1nc(NC[C@H](CO)Cc2ccsc2)ncc1C. The maximum Gasteiger partial charge on any atom is 0.222 e. The van der Waals surface area contributed by atoms with Crippen molar-refractivity contribution < 1.29 is 5.11 Å². The van der Waals surface area contributed by atoms with Gasteiger partial charge in [0, 0.05) is 31.0 Å². The first kappa shape index (κ1) is 14.9. The van der Waals surface area contributed by atoms with Gasteiger partial charge in [0.15, 0.2) is 0 Å². The van der Waals surface area contributed by atoms with E-state index < -0.39 is 0 Å². The van der Waals surface area contributed by atoms with Gasteiger partial charge in [-0.1, -0.05) is 6.92 Å². The molecule has 2 heterocycles. The predicted octanol–water partition coefficient (Wildman–Crippen LogP) is 2.67. The summed E-state index contributed by atoms with van der Waals surface area (Å²) in [6.45, 7) is 4.95. The maximum atomic E-state index is 9.47. The van der Waals surface area contributed by atoms with Crippen LogP contribution in [-0.2, 0) is 12.8 Å². The number of nitrogens with one attached hydrogen (secondary N) is 1. The Morgan fingerprint density at radius 2 is 2.30 bits per heavy atom. The third-order valence-corrected chi connectivity index (χ3v) is 4.06. The van der Waals surface area contributed by atoms with Crippen molar-refractivity contribution in [3.05, 3.63) is 39.8 Å². The molecular formula is C15H21N3OS. The minimum Gasteiger partial charge on any atom is -0.396 e. The number of rotatable bonds is 7. The number of aliphatic hydroxyl groups excluding tert-OH is 1. The van der Waals surface area contributed by atoms with Gasteiger partial charge in [0.2, 0.25) is 5.95 Å². The van der Waals surface area contributed by atoms with Crippen LogP contribution in [0.4, 0.5) is 5.95 Å². The van der Waals surface area contributed by atoms with Crippen molar-refractivity contribution in [2.45, 2.75) is 26.7 Å². The van der Waals surface area contributed by atoms with E-state index in [2.05, 4.69) is 39.0 Å². The van der Waals surface area contributed by atoms with Crippen LogP contribution in [0.3, 0.4) is 0 Å². The molecule has 0 spiro atoms. The summed E-state index contributed by atoms with van der Waals surface area (Å²) in [6.07, 6.45) is 3.63. The molecule has 108 valence electrons. The average molecular weight is 291 g/mol. The summed E-state index contributed by atoms with van der Waals surface area (Å²) in [5.41, 5.74) is 3.46. The lowest BCUT2D eigenvalue weighted by Gasteiger charge is -2.15. The summed E-state index contributed by atoms with van der Waals surface area (Å²) in [7, 11) is 0. The molecule has 0 saturated carbocycles. The molecule has 5 heteroatoms. The van der Waals surface area contributed by atoms with E-state index >= 15 is 0 Å². The van der Waals surface area contributed by atoms with Crippen LogP contribution in [0, 0.1) is 12.8 Å². The molecule has 0 aliphatic rings. The van der Waals surface area contributed by atoms with Gasteiger partial charge in [-0.3, -0.25) is 0 Å². The smallest absolute Gasteiger partial charge is 0.222 e. The molecule has 0 fully saturated rings. The lowest BCUT2D eigenvalue weighted by atomic mass is 10.0. The number of hydrogen-bond acceptors (Lipinski definition) is 5. The van der Waals surface area contributed by atoms with E-state index in [-0.39, 0.29) is 12.5 Å². The van der Waals surface area contributed by atoms with E-state index in [1.54, 1.807) is 11.3 Å². The third kappa shape index (κ3) is 4.02. The van der Waals surface area contributed by atoms with Gasteiger partial charge in [-0.15, -0.1) is 0 Å². The van der Waals surface area contributed by atoms with Crippen LogP contribution in [0.1, 0.15) is 23.7 Å². The number of aromatic nitrogens is 2. The summed E-state index contributed by atoms with van der Waals surface area (Å²) in [4.78, 5) is 8.78. The van der Waals surface area contributed by atoms with Gasteiger partial charge in [-0.2, -0.15) is 11.3 Å². The molecular weight excluding hydrogens is 270 g/mol. The molecule has 1 atom stereocenters. The number of aryl methyl sites for hydroxylation is 2. The standard InChI is InChI=1S/C15H21N3OS/c1-3-14-11(2)7-16-15(18-14)17-8-13(9-19)6-12-4-5-20-10-12/h4-5,7,10,13,19H,3,6,8-9H2,1-2H3,(H,16,17,18)/t13-/m1/s1. The Kier molecular flexibility index (Phi) is 5.49. The van der Waals surface area contributed by atoms with Crippen LogP contribution < -0.4 is 5.32 Å². The van der Waals surface area contributed by atoms with Crippen LogP contribution in [0.2, 0.25) is 0 Å². The number of aliphatic hydroxyl groups is 1. The van der Waals surface area contributed by atoms with Crippen molar-refractivity contribution in [1.29, 1.82) is 0 Å². The Balaban J connectivity index is 1.92. The van der Waals surface area contributed by atoms with E-state index in [1.165, 1.54) is 5.56 Å². The minimum atomic E-state index is 0.162. The highest BCUT2D eigenvalue weighted by molar-refractivity contribution is 7.07. The van der Waals surface area contributed by atoms with Crippen LogP contribution in [0.5, 0.6) is 0 Å². The topological polar surface area (TPSA) is 58.0 Å². The van der Waals surface area contributed by atoms with Crippen molar-refractivity contribution in [2.75, 3.05) is 18.5 Å². The van der Waals surface area contributed by atoms with Gasteiger partial charge in [-0.05, 0) is 47.7 Å². The molecule has 0 aromatic carbocycles. The molecule has 0 unspecified atom stereocenters. The van der Waals surface area contributed by atoms with E-state index in [4.69, 9.17) is 0 Å². The summed E-state index contributed by atoms with van der Waals surface area (Å²) < 4.78 is 0. The fourth-order valence-electron chi connectivity index (χ4n) is 2.10. The van der Waals surface area contributed by atoms with E-state index in [0.29, 0.717) is 12.5 Å². The summed E-state index contributed by atoms with van der Waals surface area (Å²) in [5, 5.41) is 16.9. The largest absolute Gasteiger partial charge is 0.396 e. The highest BCUT2D eigenvalue weighted by Gasteiger charge is 2.10. The second-order valence-corrected chi connectivity index (χ2v) is 5.72. The molecule has 2 aromatic heterocycles. The van der Waals surface area contributed by atoms with E-state index in [9.17, 15) is 5.11 Å². The first-order valence-electron chi connectivity index (χ1n) is 6.91. The molecule has 2 rings (SSSR count). The minimum absolute atomic E-state index is 0.162. The first-order chi connectivity index (χ1) is 9.72. The lowest BCUT2D eigenvalue weighted by Crippen LogP contribution is -2.21. The van der Waals surface area contributed by atoms with Crippen molar-refractivity contribution in [3.8, 4) is 0 Å². The molecule has 0 radical (unpaired) electrons. The Bertz CT molecular complexity index is 528. The second kappa shape index (κ2) is 7.36. The summed E-state index contributed by atoms with van der Waals surface area (Å²) >= 11 is 1.69. The zero-order valence-electron chi connectivity index (χ0n) is 12.0. The Hall–Kier alpha value is -1.46. The molecule has 20 heavy (non-hydrogen) atoms. The number of anilines is 1. The molecule has 2 aromatic rings. The Morgan fingerprint density at radius 3 is 2.95 bits per heavy atom.